The van der Waals surface area contributed by atoms with E-state index in [4.69, 9.17) is 13.9 Å². The van der Waals surface area contributed by atoms with Crippen molar-refractivity contribution in [3.63, 3.8) is 0 Å². The first-order valence-corrected chi connectivity index (χ1v) is 11.1. The maximum absolute atomic E-state index is 12.6. The van der Waals surface area contributed by atoms with Crippen LogP contribution in [-0.4, -0.2) is 36.7 Å². The lowest BCUT2D eigenvalue weighted by Crippen LogP contribution is -2.52. The van der Waals surface area contributed by atoms with E-state index >= 15 is 0 Å². The van der Waals surface area contributed by atoms with Gasteiger partial charge in [0.05, 0.1) is 30.3 Å². The molecule has 9 nitrogen and oxygen atoms in total. The van der Waals surface area contributed by atoms with Crippen molar-refractivity contribution in [3.8, 4) is 5.75 Å². The first-order chi connectivity index (χ1) is 15.4. The molecule has 1 aromatic heterocycles. The van der Waals surface area contributed by atoms with Crippen LogP contribution in [0.15, 0.2) is 27.4 Å². The minimum atomic E-state index is -0.829. The summed E-state index contributed by atoms with van der Waals surface area (Å²) >= 11 is 0. The van der Waals surface area contributed by atoms with Crippen molar-refractivity contribution in [2.24, 2.45) is 17.8 Å². The van der Waals surface area contributed by atoms with E-state index in [0.717, 1.165) is 37.0 Å². The predicted octanol–water partition coefficient (Wildman–Crippen LogP) is 3.43. The lowest BCUT2D eigenvalue weighted by molar-refractivity contribution is -0.384. The van der Waals surface area contributed by atoms with Gasteiger partial charge < -0.3 is 19.2 Å². The number of ether oxygens (including phenoxy) is 2. The average Bonchev–Trinajstić information content (AvgIpc) is 2.74. The summed E-state index contributed by atoms with van der Waals surface area (Å²) in [7, 11) is 1.32. The van der Waals surface area contributed by atoms with Gasteiger partial charge >= 0.3 is 5.63 Å². The predicted molar refractivity (Wildman–Crippen MR) is 115 cm³/mol. The number of nitrogens with one attached hydrogen (secondary N) is 1. The Morgan fingerprint density at radius 1 is 1.19 bits per heavy atom. The summed E-state index contributed by atoms with van der Waals surface area (Å²) in [5, 5.41) is 14.1. The van der Waals surface area contributed by atoms with Gasteiger partial charge in [-0.15, -0.1) is 0 Å². The van der Waals surface area contributed by atoms with E-state index in [2.05, 4.69) is 5.32 Å². The van der Waals surface area contributed by atoms with Crippen LogP contribution in [-0.2, 0) is 4.74 Å². The Labute approximate surface area is 184 Å². The smallest absolute Gasteiger partial charge is 0.349 e. The normalized spacial score (nSPS) is 28.1. The second kappa shape index (κ2) is 7.88. The molecule has 4 bridgehead atoms. The second-order valence-electron chi connectivity index (χ2n) is 9.48. The van der Waals surface area contributed by atoms with Gasteiger partial charge in [-0.25, -0.2) is 4.79 Å². The van der Waals surface area contributed by atoms with Crippen molar-refractivity contribution in [1.82, 2.24) is 5.32 Å². The first-order valence-electron chi connectivity index (χ1n) is 11.1. The van der Waals surface area contributed by atoms with Crippen LogP contribution in [0.5, 0.6) is 5.75 Å². The number of nitro benzene ring substituents is 1. The molecular formula is C23H26N2O7. The molecule has 1 heterocycles. The van der Waals surface area contributed by atoms with Gasteiger partial charge in [-0.05, 0) is 62.3 Å². The molecular weight excluding hydrogens is 416 g/mol. The summed E-state index contributed by atoms with van der Waals surface area (Å²) < 4.78 is 16.6. The monoisotopic (exact) mass is 442 g/mol. The number of hydrogen-bond acceptors (Lipinski definition) is 7. The van der Waals surface area contributed by atoms with Gasteiger partial charge in [-0.3, -0.25) is 14.9 Å². The summed E-state index contributed by atoms with van der Waals surface area (Å²) in [6.45, 7) is 0.659. The number of hydrogen-bond donors (Lipinski definition) is 1. The fourth-order valence-corrected chi connectivity index (χ4v) is 6.34. The molecule has 0 radical (unpaired) electrons. The third kappa shape index (κ3) is 3.74. The summed E-state index contributed by atoms with van der Waals surface area (Å²) in [5.41, 5.74) is -1.25. The van der Waals surface area contributed by atoms with E-state index in [9.17, 15) is 19.7 Å². The van der Waals surface area contributed by atoms with Crippen LogP contribution in [0, 0.1) is 27.9 Å². The van der Waals surface area contributed by atoms with E-state index in [1.807, 2.05) is 0 Å². The highest BCUT2D eigenvalue weighted by Crippen LogP contribution is 2.57. The SMILES string of the molecule is COc1cc([N+](=O)[O-])cc2cc(C(=O)NCCOC34CC5CC(CC(C5)C3)C4)c(=O)oc12. The molecule has 0 saturated heterocycles. The Hall–Kier alpha value is -2.94. The number of non-ortho nitro benzene ring substituents is 1. The van der Waals surface area contributed by atoms with Gasteiger partial charge in [0.2, 0.25) is 0 Å². The van der Waals surface area contributed by atoms with Crippen LogP contribution in [0.2, 0.25) is 0 Å². The highest BCUT2D eigenvalue weighted by molar-refractivity contribution is 5.97. The number of benzene rings is 1. The van der Waals surface area contributed by atoms with Gasteiger partial charge in [0, 0.05) is 18.0 Å². The van der Waals surface area contributed by atoms with Gasteiger partial charge in [0.1, 0.15) is 5.56 Å². The molecule has 0 aliphatic heterocycles. The molecule has 1 aromatic carbocycles. The van der Waals surface area contributed by atoms with Gasteiger partial charge in [0.15, 0.2) is 11.3 Å². The standard InChI is InChI=1S/C23H26N2O7/c1-30-19-9-17(25(28)29)7-16-8-18(22(27)32-20(16)19)21(26)24-2-3-31-23-10-13-4-14(11-23)6-15(5-13)12-23/h7-9,13-15H,2-6,10-12H2,1H3,(H,24,26). The molecule has 0 spiro atoms. The molecule has 2 aromatic rings. The molecule has 1 N–H and O–H groups in total. The molecule has 0 unspecified atom stereocenters. The average molecular weight is 442 g/mol. The molecule has 9 heteroatoms. The summed E-state index contributed by atoms with van der Waals surface area (Å²) in [5.74, 6) is 1.79. The largest absolute Gasteiger partial charge is 0.493 e. The molecule has 1 amide bonds. The fraction of sp³-hybridized carbons (Fsp3) is 0.565. The summed E-state index contributed by atoms with van der Waals surface area (Å²) in [4.78, 5) is 35.6. The van der Waals surface area contributed by atoms with Gasteiger partial charge in [-0.2, -0.15) is 0 Å². The van der Waals surface area contributed by atoms with Gasteiger partial charge in [-0.1, -0.05) is 0 Å². The number of methoxy groups -OCH3 is 1. The molecule has 4 aliphatic carbocycles. The van der Waals surface area contributed by atoms with Crippen molar-refractivity contribution in [2.75, 3.05) is 20.3 Å². The quantitative estimate of drug-likeness (QED) is 0.302. The lowest BCUT2D eigenvalue weighted by Gasteiger charge is -2.56. The van der Waals surface area contributed by atoms with Crippen LogP contribution < -0.4 is 15.7 Å². The molecule has 4 fully saturated rings. The zero-order valence-electron chi connectivity index (χ0n) is 17.9. The molecule has 170 valence electrons. The number of rotatable bonds is 7. The minimum Gasteiger partial charge on any atom is -0.493 e. The molecule has 32 heavy (non-hydrogen) atoms. The maximum atomic E-state index is 12.6. The van der Waals surface area contributed by atoms with Crippen molar-refractivity contribution in [1.29, 1.82) is 0 Å². The lowest BCUT2D eigenvalue weighted by atomic mass is 9.54. The zero-order valence-corrected chi connectivity index (χ0v) is 17.9. The topological polar surface area (TPSA) is 121 Å². The Balaban J connectivity index is 1.26. The van der Waals surface area contributed by atoms with Crippen LogP contribution in [0.1, 0.15) is 48.9 Å². The number of nitrogens with zero attached hydrogens (tertiary/aromatic N) is 1. The number of carbonyl (C=O) groups is 1. The van der Waals surface area contributed by atoms with Crippen molar-refractivity contribution >= 4 is 22.6 Å². The molecule has 4 aliphatic rings. The molecule has 0 atom stereocenters. The van der Waals surface area contributed by atoms with Crippen molar-refractivity contribution in [2.45, 2.75) is 44.1 Å². The van der Waals surface area contributed by atoms with Gasteiger partial charge in [0.25, 0.3) is 11.6 Å². The Kier molecular flexibility index (Phi) is 5.16. The van der Waals surface area contributed by atoms with E-state index in [1.165, 1.54) is 44.6 Å². The number of fused-ring (bicyclic) bond motifs is 1. The Bertz CT molecular complexity index is 1100. The van der Waals surface area contributed by atoms with Crippen molar-refractivity contribution < 1.29 is 23.6 Å². The Morgan fingerprint density at radius 3 is 2.44 bits per heavy atom. The van der Waals surface area contributed by atoms with E-state index in [-0.39, 0.29) is 40.1 Å². The second-order valence-corrected chi connectivity index (χ2v) is 9.48. The highest BCUT2D eigenvalue weighted by atomic mass is 16.6. The van der Waals surface area contributed by atoms with E-state index in [0.29, 0.717) is 6.61 Å². The zero-order chi connectivity index (χ0) is 22.5. The summed E-state index contributed by atoms with van der Waals surface area (Å²) in [6.07, 6.45) is 7.34. The maximum Gasteiger partial charge on any atom is 0.349 e. The first kappa shape index (κ1) is 20.9. The van der Waals surface area contributed by atoms with Crippen LogP contribution in [0.3, 0.4) is 0 Å². The van der Waals surface area contributed by atoms with Crippen molar-refractivity contribution in [3.05, 3.63) is 44.3 Å². The third-order valence-electron chi connectivity index (χ3n) is 7.24. The number of amides is 1. The summed E-state index contributed by atoms with van der Waals surface area (Å²) in [6, 6.07) is 3.71. The molecule has 4 saturated carbocycles. The third-order valence-corrected chi connectivity index (χ3v) is 7.24. The molecule has 6 rings (SSSR count). The van der Waals surface area contributed by atoms with Crippen LogP contribution in [0.4, 0.5) is 5.69 Å². The fourth-order valence-electron chi connectivity index (χ4n) is 6.34. The minimum absolute atomic E-state index is 0.0447. The van der Waals surface area contributed by atoms with Crippen LogP contribution in [0.25, 0.3) is 11.0 Å². The number of carbonyl (C=O) groups excluding carboxylic acids is 1. The van der Waals surface area contributed by atoms with E-state index < -0.39 is 16.5 Å². The Morgan fingerprint density at radius 2 is 1.84 bits per heavy atom. The van der Waals surface area contributed by atoms with E-state index in [1.54, 1.807) is 0 Å². The highest BCUT2D eigenvalue weighted by Gasteiger charge is 2.51. The van der Waals surface area contributed by atoms with Crippen LogP contribution >= 0.6 is 0 Å². The number of nitro groups is 1.